The Bertz CT molecular complexity index is 5570. The monoisotopic (exact) mass is 1280 g/mol. The van der Waals surface area contributed by atoms with Crippen LogP contribution in [0.4, 0.5) is 34.1 Å². The van der Waals surface area contributed by atoms with Crippen LogP contribution in [0.5, 0.6) is 0 Å². The van der Waals surface area contributed by atoms with Gasteiger partial charge in [0.2, 0.25) is 0 Å². The van der Waals surface area contributed by atoms with Crippen LogP contribution in [-0.4, -0.2) is 15.8 Å². The molecule has 99 heavy (non-hydrogen) atoms. The molecule has 0 radical (unpaired) electrons. The van der Waals surface area contributed by atoms with Gasteiger partial charge in [0.25, 0.3) is 6.71 Å². The van der Waals surface area contributed by atoms with E-state index in [1.807, 2.05) is 0 Å². The van der Waals surface area contributed by atoms with Crippen molar-refractivity contribution in [1.82, 2.24) is 9.13 Å². The molecule has 2 aromatic heterocycles. The van der Waals surface area contributed by atoms with Crippen molar-refractivity contribution in [2.24, 2.45) is 0 Å². The Morgan fingerprint density at radius 3 is 1.18 bits per heavy atom. The number of benzene rings is 12. The highest BCUT2D eigenvalue weighted by Crippen LogP contribution is 2.54. The van der Waals surface area contributed by atoms with Gasteiger partial charge in [0.15, 0.2) is 0 Å². The van der Waals surface area contributed by atoms with E-state index in [0.717, 1.165) is 52.7 Å². The maximum absolute atomic E-state index is 2.64. The van der Waals surface area contributed by atoms with E-state index in [4.69, 9.17) is 0 Å². The molecular weight excluding hydrogens is 1200 g/mol. The third kappa shape index (κ3) is 9.46. The molecule has 4 heterocycles. The molecule has 0 amide bonds. The van der Waals surface area contributed by atoms with Crippen molar-refractivity contribution in [2.45, 2.75) is 142 Å². The SMILES string of the molecule is CC(C)(C)c1ccc2c(c1)c1cc(C(C)(C)C)ccc1n2-c1ccc2c(c1)N(c1ccc(-c3ccc4c(c3)C(C)(C)CC4(C)C)cc1)c1cc(-n3c4ccccc4c4ccccc43)cc3c1B2c1cc(-c2ccccc2)ccc1N3c1ccc(-c2ccc3c(c2)C(C)(C)CC3(C)C)cc1. The molecule has 0 atom stereocenters. The lowest BCUT2D eigenvalue weighted by molar-refractivity contribution is 0.402. The van der Waals surface area contributed by atoms with Gasteiger partial charge >= 0.3 is 0 Å². The minimum Gasteiger partial charge on any atom is -0.311 e. The first-order valence-corrected chi connectivity index (χ1v) is 36.0. The summed E-state index contributed by atoms with van der Waals surface area (Å²) in [6.45, 7) is 33.2. The molecule has 12 aromatic carbocycles. The first kappa shape index (κ1) is 61.3. The summed E-state index contributed by atoms with van der Waals surface area (Å²) < 4.78 is 5.08. The first-order chi connectivity index (χ1) is 47.3. The largest absolute Gasteiger partial charge is 0.311 e. The molecule has 486 valence electrons. The summed E-state index contributed by atoms with van der Waals surface area (Å²) in [5.41, 5.74) is 33.9. The van der Waals surface area contributed by atoms with E-state index in [2.05, 4.69) is 365 Å². The quantitative estimate of drug-likeness (QED) is 0.148. The van der Waals surface area contributed by atoms with Crippen LogP contribution in [0.15, 0.2) is 249 Å². The second-order valence-electron chi connectivity index (χ2n) is 34.1. The van der Waals surface area contributed by atoms with E-state index >= 15 is 0 Å². The highest BCUT2D eigenvalue weighted by Gasteiger charge is 2.46. The van der Waals surface area contributed by atoms with Gasteiger partial charge in [-0.2, -0.15) is 0 Å². The average molecular weight is 1280 g/mol. The molecule has 4 nitrogen and oxygen atoms in total. The molecule has 2 aliphatic heterocycles. The Labute approximate surface area is 585 Å². The summed E-state index contributed by atoms with van der Waals surface area (Å²) in [6, 6.07) is 96.8. The van der Waals surface area contributed by atoms with E-state index in [-0.39, 0.29) is 39.2 Å². The molecule has 5 heteroatoms. The molecule has 0 bridgehead atoms. The molecule has 18 rings (SSSR count). The summed E-state index contributed by atoms with van der Waals surface area (Å²) in [4.78, 5) is 5.23. The second-order valence-corrected chi connectivity index (χ2v) is 34.1. The van der Waals surface area contributed by atoms with Crippen molar-refractivity contribution in [3.63, 3.8) is 0 Å². The summed E-state index contributed by atoms with van der Waals surface area (Å²) in [6.07, 6.45) is 2.27. The third-order valence-electron chi connectivity index (χ3n) is 23.4. The predicted octanol–water partition coefficient (Wildman–Crippen LogP) is 23.5. The van der Waals surface area contributed by atoms with Gasteiger partial charge < -0.3 is 18.9 Å². The lowest BCUT2D eigenvalue weighted by Gasteiger charge is -2.44. The second kappa shape index (κ2) is 21.2. The van der Waals surface area contributed by atoms with Gasteiger partial charge in [-0.1, -0.05) is 255 Å². The van der Waals surface area contributed by atoms with Gasteiger partial charge in [-0.3, -0.25) is 0 Å². The van der Waals surface area contributed by atoms with Crippen molar-refractivity contribution >= 4 is 101 Å². The van der Waals surface area contributed by atoms with E-state index < -0.39 is 0 Å². The molecule has 0 saturated carbocycles. The topological polar surface area (TPSA) is 16.3 Å². The Morgan fingerprint density at radius 2 is 0.677 bits per heavy atom. The number of aromatic nitrogens is 2. The van der Waals surface area contributed by atoms with Gasteiger partial charge in [0.1, 0.15) is 0 Å². The molecule has 0 N–H and O–H groups in total. The molecule has 0 spiro atoms. The summed E-state index contributed by atoms with van der Waals surface area (Å²) >= 11 is 0. The van der Waals surface area contributed by atoms with E-state index in [1.54, 1.807) is 0 Å². The van der Waals surface area contributed by atoms with E-state index in [9.17, 15) is 0 Å². The van der Waals surface area contributed by atoms with Gasteiger partial charge in [-0.05, 0) is 219 Å². The number of rotatable bonds is 7. The van der Waals surface area contributed by atoms with Crippen LogP contribution in [0.25, 0.3) is 88.4 Å². The summed E-state index contributed by atoms with van der Waals surface area (Å²) in [7, 11) is 0. The fraction of sp³-hybridized carbons (Fsp3) is 0.234. The van der Waals surface area contributed by atoms with Crippen LogP contribution < -0.4 is 26.2 Å². The molecule has 4 aliphatic rings. The lowest BCUT2D eigenvalue weighted by atomic mass is 9.33. The van der Waals surface area contributed by atoms with Crippen LogP contribution in [0.2, 0.25) is 0 Å². The Morgan fingerprint density at radius 1 is 0.283 bits per heavy atom. The zero-order valence-corrected chi connectivity index (χ0v) is 60.0. The molecule has 14 aromatic rings. The van der Waals surface area contributed by atoms with Crippen LogP contribution in [0, 0.1) is 0 Å². The standard InChI is InChI=1S/C94H87BN4/c1-89(2,3)64-35-46-82-72(51-64)73-52-65(90(4,5)6)36-47-83(73)98(82)68-41-44-78-85(53-68)97(67-39-30-60(31-40-67)62-33-43-75-77(49-62)94(13,14)57-92(75,9)10)87-55-69(99-80-26-20-18-24-70(80)71-25-19-21-27-81(71)99)54-86-88(87)95(78)79-50-63(58-22-16-15-17-23-58)34-45-84(79)96(86)66-37-28-59(29-38-66)61-32-42-74-76(48-61)93(11,12)56-91(74,7)8/h15-55H,56-57H2,1-14H3. The molecule has 2 aliphatic carbocycles. The molecule has 0 fully saturated rings. The zero-order valence-electron chi connectivity index (χ0n) is 60.0. The molecule has 0 unspecified atom stereocenters. The highest BCUT2D eigenvalue weighted by molar-refractivity contribution is 7.00. The minimum absolute atomic E-state index is 0.0299. The highest BCUT2D eigenvalue weighted by atomic mass is 15.2. The van der Waals surface area contributed by atoms with Gasteiger partial charge in [-0.25, -0.2) is 0 Å². The number of fused-ring (bicyclic) bond motifs is 12. The van der Waals surface area contributed by atoms with Crippen LogP contribution in [-0.2, 0) is 32.5 Å². The fourth-order valence-corrected chi connectivity index (χ4v) is 19.0. The van der Waals surface area contributed by atoms with Crippen LogP contribution >= 0.6 is 0 Å². The third-order valence-corrected chi connectivity index (χ3v) is 23.4. The predicted molar refractivity (Wildman–Crippen MR) is 424 cm³/mol. The lowest BCUT2D eigenvalue weighted by Crippen LogP contribution is -2.61. The van der Waals surface area contributed by atoms with Crippen LogP contribution in [0.3, 0.4) is 0 Å². The smallest absolute Gasteiger partial charge is 0.252 e. The van der Waals surface area contributed by atoms with Crippen molar-refractivity contribution in [3.8, 4) is 44.8 Å². The molecule has 0 saturated heterocycles. The van der Waals surface area contributed by atoms with Crippen molar-refractivity contribution in [2.75, 3.05) is 9.80 Å². The van der Waals surface area contributed by atoms with Gasteiger partial charge in [0, 0.05) is 61.4 Å². The van der Waals surface area contributed by atoms with Crippen LogP contribution in [0.1, 0.15) is 143 Å². The number of anilines is 6. The van der Waals surface area contributed by atoms with Gasteiger partial charge in [-0.15, -0.1) is 0 Å². The number of hydrogen-bond acceptors (Lipinski definition) is 2. The number of nitrogens with zero attached hydrogens (tertiary/aromatic N) is 4. The first-order valence-electron chi connectivity index (χ1n) is 36.0. The normalized spacial score (nSPS) is 16.2. The number of hydrogen-bond donors (Lipinski definition) is 0. The summed E-state index contributed by atoms with van der Waals surface area (Å²) in [5, 5.41) is 5.03. The van der Waals surface area contributed by atoms with Crippen molar-refractivity contribution in [3.05, 3.63) is 282 Å². The Kier molecular flexibility index (Phi) is 13.1. The summed E-state index contributed by atoms with van der Waals surface area (Å²) in [5.74, 6) is 0. The van der Waals surface area contributed by atoms with Gasteiger partial charge in [0.05, 0.1) is 27.8 Å². The minimum atomic E-state index is -0.157. The zero-order chi connectivity index (χ0) is 68.2. The maximum Gasteiger partial charge on any atom is 0.252 e. The fourth-order valence-electron chi connectivity index (χ4n) is 19.0. The average Bonchev–Trinajstić information content (AvgIpc) is 1.23. The van der Waals surface area contributed by atoms with E-state index in [0.29, 0.717) is 0 Å². The number of para-hydroxylation sites is 2. The Balaban J connectivity index is 0.918. The Hall–Kier alpha value is -10.1. The van der Waals surface area contributed by atoms with E-state index in [1.165, 1.54) is 132 Å². The van der Waals surface area contributed by atoms with Crippen molar-refractivity contribution in [1.29, 1.82) is 0 Å². The molecular formula is C94H87BN4. The maximum atomic E-state index is 2.64. The van der Waals surface area contributed by atoms with Crippen molar-refractivity contribution < 1.29 is 0 Å².